The molecule has 24 heavy (non-hydrogen) atoms. The average molecular weight is 316 g/mol. The molecule has 2 heteroatoms. The summed E-state index contributed by atoms with van der Waals surface area (Å²) < 4.78 is 11.8. The van der Waals surface area contributed by atoms with Crippen molar-refractivity contribution < 1.29 is 9.47 Å². The molecule has 3 aromatic carbocycles. The Balaban J connectivity index is 1.65. The minimum absolute atomic E-state index is 0.534. The van der Waals surface area contributed by atoms with Crippen LogP contribution in [-0.2, 0) is 13.2 Å². The highest BCUT2D eigenvalue weighted by atomic mass is 16.5. The summed E-state index contributed by atoms with van der Waals surface area (Å²) in [6.07, 6.45) is 1.79. The highest BCUT2D eigenvalue weighted by Gasteiger charge is 2.04. The molecule has 3 rings (SSSR count). The van der Waals surface area contributed by atoms with Gasteiger partial charge in [0.1, 0.15) is 24.7 Å². The molecule has 0 aliphatic heterocycles. The van der Waals surface area contributed by atoms with E-state index in [2.05, 4.69) is 6.58 Å². The first-order valence-electron chi connectivity index (χ1n) is 7.95. The molecule has 0 aliphatic carbocycles. The fourth-order valence-corrected chi connectivity index (χ4v) is 2.38. The number of hydrogen-bond acceptors (Lipinski definition) is 2. The molecular weight excluding hydrogens is 296 g/mol. The van der Waals surface area contributed by atoms with Crippen molar-refractivity contribution in [3.05, 3.63) is 102 Å². The lowest BCUT2D eigenvalue weighted by Crippen LogP contribution is -1.98. The number of ether oxygens (including phenoxy) is 2. The molecule has 120 valence electrons. The van der Waals surface area contributed by atoms with E-state index >= 15 is 0 Å². The van der Waals surface area contributed by atoms with Gasteiger partial charge in [-0.2, -0.15) is 0 Å². The number of hydrogen-bond donors (Lipinski definition) is 0. The molecule has 0 unspecified atom stereocenters. The fraction of sp³-hybridized carbons (Fsp3) is 0.0909. The smallest absolute Gasteiger partial charge is 0.127 e. The minimum Gasteiger partial charge on any atom is -0.489 e. The van der Waals surface area contributed by atoms with Gasteiger partial charge in [-0.05, 0) is 29.3 Å². The lowest BCUT2D eigenvalue weighted by atomic mass is 10.2. The number of rotatable bonds is 7. The summed E-state index contributed by atoms with van der Waals surface area (Å²) in [5.41, 5.74) is 3.20. The quantitative estimate of drug-likeness (QED) is 0.574. The molecule has 0 aliphatic rings. The Morgan fingerprint density at radius 3 is 1.88 bits per heavy atom. The highest BCUT2D eigenvalue weighted by molar-refractivity contribution is 5.58. The second-order valence-electron chi connectivity index (χ2n) is 5.45. The molecule has 0 N–H and O–H groups in total. The van der Waals surface area contributed by atoms with E-state index < -0.39 is 0 Å². The first kappa shape index (κ1) is 15.9. The van der Waals surface area contributed by atoms with Crippen molar-refractivity contribution in [1.82, 2.24) is 0 Å². The topological polar surface area (TPSA) is 18.5 Å². The maximum Gasteiger partial charge on any atom is 0.127 e. The minimum atomic E-state index is 0.534. The normalized spacial score (nSPS) is 10.2. The predicted octanol–water partition coefficient (Wildman–Crippen LogP) is 5.49. The van der Waals surface area contributed by atoms with Crippen molar-refractivity contribution in [2.75, 3.05) is 0 Å². The molecule has 0 heterocycles. The van der Waals surface area contributed by atoms with E-state index in [9.17, 15) is 0 Å². The zero-order valence-corrected chi connectivity index (χ0v) is 13.5. The van der Waals surface area contributed by atoms with Crippen molar-refractivity contribution in [2.24, 2.45) is 0 Å². The predicted molar refractivity (Wildman–Crippen MR) is 98.1 cm³/mol. The molecular formula is C22H20O2. The first-order valence-corrected chi connectivity index (χ1v) is 7.95. The molecule has 0 saturated heterocycles. The van der Waals surface area contributed by atoms with Crippen molar-refractivity contribution in [3.63, 3.8) is 0 Å². The molecule has 0 fully saturated rings. The molecule has 0 spiro atoms. The molecule has 0 radical (unpaired) electrons. The lowest BCUT2D eigenvalue weighted by Gasteiger charge is -2.12. The van der Waals surface area contributed by atoms with Gasteiger partial charge in [0, 0.05) is 5.56 Å². The van der Waals surface area contributed by atoms with Crippen molar-refractivity contribution >= 4 is 6.08 Å². The third-order valence-corrected chi connectivity index (χ3v) is 3.69. The van der Waals surface area contributed by atoms with Gasteiger partial charge in [-0.15, -0.1) is 0 Å². The Labute approximate surface area is 143 Å². The van der Waals surface area contributed by atoms with Crippen molar-refractivity contribution in [1.29, 1.82) is 0 Å². The maximum atomic E-state index is 5.91. The van der Waals surface area contributed by atoms with Crippen LogP contribution in [0.15, 0.2) is 85.4 Å². The van der Waals surface area contributed by atoms with Gasteiger partial charge in [-0.25, -0.2) is 0 Å². The summed E-state index contributed by atoms with van der Waals surface area (Å²) in [7, 11) is 0. The standard InChI is InChI=1S/C22H20O2/c1-2-20-15-21(23-16-18-9-5-3-6-10-18)13-14-22(20)24-17-19-11-7-4-8-12-19/h2-15H,1,16-17H2. The lowest BCUT2D eigenvalue weighted by molar-refractivity contribution is 0.297. The Morgan fingerprint density at radius 1 is 0.708 bits per heavy atom. The summed E-state index contributed by atoms with van der Waals surface area (Å²) >= 11 is 0. The van der Waals surface area contributed by atoms with E-state index in [4.69, 9.17) is 9.47 Å². The highest BCUT2D eigenvalue weighted by Crippen LogP contribution is 2.26. The molecule has 2 nitrogen and oxygen atoms in total. The number of benzene rings is 3. The van der Waals surface area contributed by atoms with E-state index in [0.717, 1.165) is 28.2 Å². The van der Waals surface area contributed by atoms with Crippen LogP contribution in [0.4, 0.5) is 0 Å². The van der Waals surface area contributed by atoms with E-state index in [0.29, 0.717) is 13.2 Å². The second kappa shape index (κ2) is 8.02. The molecule has 0 saturated carbocycles. The van der Waals surface area contributed by atoms with Crippen LogP contribution >= 0.6 is 0 Å². The van der Waals surface area contributed by atoms with Crippen LogP contribution in [0.3, 0.4) is 0 Å². The average Bonchev–Trinajstić information content (AvgIpc) is 2.66. The van der Waals surface area contributed by atoms with Crippen molar-refractivity contribution in [3.8, 4) is 11.5 Å². The first-order chi connectivity index (χ1) is 11.8. The monoisotopic (exact) mass is 316 g/mol. The Hall–Kier alpha value is -3.00. The summed E-state index contributed by atoms with van der Waals surface area (Å²) in [4.78, 5) is 0. The van der Waals surface area contributed by atoms with Gasteiger partial charge in [0.25, 0.3) is 0 Å². The Morgan fingerprint density at radius 2 is 1.29 bits per heavy atom. The Bertz CT molecular complexity index is 780. The van der Waals surface area contributed by atoms with Gasteiger partial charge in [-0.3, -0.25) is 0 Å². The van der Waals surface area contributed by atoms with Crippen LogP contribution in [0.5, 0.6) is 11.5 Å². The van der Waals surface area contributed by atoms with Gasteiger partial charge in [0.05, 0.1) is 0 Å². The summed E-state index contributed by atoms with van der Waals surface area (Å²) in [6, 6.07) is 26.0. The van der Waals surface area contributed by atoms with Gasteiger partial charge in [0.15, 0.2) is 0 Å². The SMILES string of the molecule is C=Cc1cc(OCc2ccccc2)ccc1OCc1ccccc1. The van der Waals surface area contributed by atoms with Crippen LogP contribution in [-0.4, -0.2) is 0 Å². The zero-order valence-electron chi connectivity index (χ0n) is 13.5. The molecule has 3 aromatic rings. The van der Waals surface area contributed by atoms with E-state index in [1.54, 1.807) is 6.08 Å². The van der Waals surface area contributed by atoms with Gasteiger partial charge in [-0.1, -0.05) is 73.3 Å². The zero-order chi connectivity index (χ0) is 16.6. The maximum absolute atomic E-state index is 5.91. The molecule has 0 aromatic heterocycles. The van der Waals surface area contributed by atoms with E-state index in [1.807, 2.05) is 78.9 Å². The van der Waals surface area contributed by atoms with Crippen molar-refractivity contribution in [2.45, 2.75) is 13.2 Å². The summed E-state index contributed by atoms with van der Waals surface area (Å²) in [5.74, 6) is 1.61. The van der Waals surface area contributed by atoms with Gasteiger partial charge >= 0.3 is 0 Å². The fourth-order valence-electron chi connectivity index (χ4n) is 2.38. The van der Waals surface area contributed by atoms with Crippen LogP contribution in [0.25, 0.3) is 6.08 Å². The van der Waals surface area contributed by atoms with Gasteiger partial charge in [0.2, 0.25) is 0 Å². The Kier molecular flexibility index (Phi) is 5.31. The molecule has 0 bridgehead atoms. The van der Waals surface area contributed by atoms with Crippen LogP contribution in [0, 0.1) is 0 Å². The van der Waals surface area contributed by atoms with Crippen LogP contribution < -0.4 is 9.47 Å². The molecule has 0 amide bonds. The largest absolute Gasteiger partial charge is 0.489 e. The van der Waals surface area contributed by atoms with E-state index in [1.165, 1.54) is 0 Å². The van der Waals surface area contributed by atoms with Gasteiger partial charge < -0.3 is 9.47 Å². The third kappa shape index (κ3) is 4.26. The van der Waals surface area contributed by atoms with Crippen LogP contribution in [0.2, 0.25) is 0 Å². The van der Waals surface area contributed by atoms with E-state index in [-0.39, 0.29) is 0 Å². The second-order valence-corrected chi connectivity index (χ2v) is 5.45. The van der Waals surface area contributed by atoms with Crippen LogP contribution in [0.1, 0.15) is 16.7 Å². The summed E-state index contributed by atoms with van der Waals surface area (Å²) in [5, 5.41) is 0. The molecule has 0 atom stereocenters. The summed E-state index contributed by atoms with van der Waals surface area (Å²) in [6.45, 7) is 4.95. The third-order valence-electron chi connectivity index (χ3n) is 3.69.